The smallest absolute Gasteiger partial charge is 0.242 e. The van der Waals surface area contributed by atoms with Crippen LogP contribution in [0, 0.1) is 12.7 Å². The maximum Gasteiger partial charge on any atom is 0.242 e. The fourth-order valence-electron chi connectivity index (χ4n) is 2.75. The zero-order chi connectivity index (χ0) is 19.8. The van der Waals surface area contributed by atoms with Crippen LogP contribution in [-0.4, -0.2) is 35.6 Å². The normalized spacial score (nSPS) is 11.7. The summed E-state index contributed by atoms with van der Waals surface area (Å²) in [5.41, 5.74) is 2.64. The van der Waals surface area contributed by atoms with E-state index in [1.165, 1.54) is 17.8 Å². The number of hydrogen-bond donors (Lipinski definition) is 1. The van der Waals surface area contributed by atoms with Crippen LogP contribution < -0.4 is 5.32 Å². The molecule has 1 N–H and O–H groups in total. The van der Waals surface area contributed by atoms with Crippen LogP contribution >= 0.6 is 11.8 Å². The highest BCUT2D eigenvalue weighted by molar-refractivity contribution is 7.99. The first-order valence-electron chi connectivity index (χ1n) is 8.80. The number of aryl methyl sites for hydroxylation is 1. The van der Waals surface area contributed by atoms with Crippen LogP contribution in [0.3, 0.4) is 0 Å². The Balaban J connectivity index is 2.06. The molecule has 0 spiro atoms. The van der Waals surface area contributed by atoms with Crippen LogP contribution in [-0.2, 0) is 21.9 Å². The van der Waals surface area contributed by atoms with Gasteiger partial charge in [-0.3, -0.25) is 9.59 Å². The summed E-state index contributed by atoms with van der Waals surface area (Å²) in [5, 5.41) is 2.60. The van der Waals surface area contributed by atoms with E-state index in [9.17, 15) is 14.0 Å². The summed E-state index contributed by atoms with van der Waals surface area (Å²) in [6.45, 7) is 4.06. The average molecular weight is 389 g/mol. The fraction of sp³-hybridized carbons (Fsp3) is 0.333. The number of likely N-dealkylation sites (N-methyl/N-ethyl adjacent to an activating group) is 1. The van der Waals surface area contributed by atoms with E-state index in [2.05, 4.69) is 5.32 Å². The average Bonchev–Trinajstić information content (AvgIpc) is 2.66. The molecule has 6 heteroatoms. The quantitative estimate of drug-likeness (QED) is 0.753. The lowest BCUT2D eigenvalue weighted by molar-refractivity contribution is -0.138. The van der Waals surface area contributed by atoms with Gasteiger partial charge in [0.15, 0.2) is 0 Å². The van der Waals surface area contributed by atoms with Crippen molar-refractivity contribution in [1.82, 2.24) is 10.2 Å². The van der Waals surface area contributed by atoms with Crippen molar-refractivity contribution in [1.29, 1.82) is 0 Å². The summed E-state index contributed by atoms with van der Waals surface area (Å²) in [6.07, 6.45) is 0. The third-order valence-electron chi connectivity index (χ3n) is 4.29. The van der Waals surface area contributed by atoms with Gasteiger partial charge in [-0.25, -0.2) is 4.39 Å². The van der Waals surface area contributed by atoms with Gasteiger partial charge in [0.1, 0.15) is 11.9 Å². The van der Waals surface area contributed by atoms with Gasteiger partial charge in [0, 0.05) is 19.3 Å². The number of amides is 2. The highest BCUT2D eigenvalue weighted by Crippen LogP contribution is 2.18. The predicted molar refractivity (Wildman–Crippen MR) is 108 cm³/mol. The molecule has 0 aliphatic rings. The maximum atomic E-state index is 13.7. The highest BCUT2D eigenvalue weighted by Gasteiger charge is 2.25. The Kier molecular flexibility index (Phi) is 7.85. The van der Waals surface area contributed by atoms with E-state index in [1.807, 2.05) is 31.2 Å². The van der Waals surface area contributed by atoms with Crippen LogP contribution in [0.2, 0.25) is 0 Å². The fourth-order valence-corrected chi connectivity index (χ4v) is 3.64. The molecule has 1 atom stereocenters. The molecule has 144 valence electrons. The largest absolute Gasteiger partial charge is 0.357 e. The van der Waals surface area contributed by atoms with Crippen LogP contribution in [0.1, 0.15) is 23.6 Å². The summed E-state index contributed by atoms with van der Waals surface area (Å²) in [5.74, 6) is -0.0381. The molecule has 1 unspecified atom stereocenters. The number of benzene rings is 2. The van der Waals surface area contributed by atoms with Crippen molar-refractivity contribution in [2.45, 2.75) is 32.2 Å². The summed E-state index contributed by atoms with van der Waals surface area (Å²) in [6, 6.07) is 13.8. The molecule has 0 fully saturated rings. The predicted octanol–water partition coefficient (Wildman–Crippen LogP) is 3.53. The van der Waals surface area contributed by atoms with Gasteiger partial charge >= 0.3 is 0 Å². The minimum Gasteiger partial charge on any atom is -0.357 e. The molecule has 2 rings (SSSR count). The second kappa shape index (κ2) is 10.1. The van der Waals surface area contributed by atoms with Gasteiger partial charge < -0.3 is 10.2 Å². The molecule has 27 heavy (non-hydrogen) atoms. The number of hydrogen-bond acceptors (Lipinski definition) is 3. The topological polar surface area (TPSA) is 49.4 Å². The van der Waals surface area contributed by atoms with Crippen molar-refractivity contribution in [2.75, 3.05) is 12.8 Å². The lowest BCUT2D eigenvalue weighted by Crippen LogP contribution is -2.47. The number of nitrogens with zero attached hydrogens (tertiary/aromatic N) is 1. The summed E-state index contributed by atoms with van der Waals surface area (Å²) in [4.78, 5) is 26.5. The number of nitrogens with one attached hydrogen (secondary N) is 1. The number of thioether (sulfide) groups is 1. The van der Waals surface area contributed by atoms with Crippen molar-refractivity contribution in [3.63, 3.8) is 0 Å². The van der Waals surface area contributed by atoms with E-state index in [4.69, 9.17) is 0 Å². The van der Waals surface area contributed by atoms with Crippen molar-refractivity contribution in [2.24, 2.45) is 0 Å². The van der Waals surface area contributed by atoms with Crippen LogP contribution in [0.5, 0.6) is 0 Å². The van der Waals surface area contributed by atoms with Crippen LogP contribution in [0.25, 0.3) is 0 Å². The molecule has 2 aromatic rings. The van der Waals surface area contributed by atoms with Gasteiger partial charge in [0.05, 0.1) is 5.75 Å². The Labute approximate surface area is 164 Å². The molecule has 0 saturated carbocycles. The number of carbonyl (C=O) groups excluding carboxylic acids is 2. The summed E-state index contributed by atoms with van der Waals surface area (Å²) < 4.78 is 13.7. The second-order valence-electron chi connectivity index (χ2n) is 6.39. The molecule has 2 amide bonds. The monoisotopic (exact) mass is 388 g/mol. The Morgan fingerprint density at radius 2 is 1.93 bits per heavy atom. The number of rotatable bonds is 8. The zero-order valence-electron chi connectivity index (χ0n) is 15.9. The van der Waals surface area contributed by atoms with Gasteiger partial charge in [-0.15, -0.1) is 11.8 Å². The SMILES string of the molecule is CNC(=O)C(C)N(Cc1cccc(C)c1)C(=O)CSCc1ccccc1F. The first-order chi connectivity index (χ1) is 12.9. The van der Waals surface area contributed by atoms with E-state index in [1.54, 1.807) is 37.1 Å². The Hall–Kier alpha value is -2.34. The first kappa shape index (κ1) is 21.0. The summed E-state index contributed by atoms with van der Waals surface area (Å²) >= 11 is 1.34. The minimum atomic E-state index is -0.586. The molecular formula is C21H25FN2O2S. The van der Waals surface area contributed by atoms with E-state index in [0.717, 1.165) is 11.1 Å². The first-order valence-corrected chi connectivity index (χ1v) is 9.95. The van der Waals surface area contributed by atoms with Crippen LogP contribution in [0.15, 0.2) is 48.5 Å². The molecule has 0 aromatic heterocycles. The van der Waals surface area contributed by atoms with Crippen molar-refractivity contribution in [3.8, 4) is 0 Å². The van der Waals surface area contributed by atoms with E-state index >= 15 is 0 Å². The third-order valence-corrected chi connectivity index (χ3v) is 5.26. The van der Waals surface area contributed by atoms with E-state index in [0.29, 0.717) is 17.9 Å². The molecule has 0 aliphatic carbocycles. The lowest BCUT2D eigenvalue weighted by Gasteiger charge is -2.28. The Morgan fingerprint density at radius 3 is 2.59 bits per heavy atom. The lowest BCUT2D eigenvalue weighted by atomic mass is 10.1. The second-order valence-corrected chi connectivity index (χ2v) is 7.37. The molecule has 0 radical (unpaired) electrons. The van der Waals surface area contributed by atoms with Gasteiger partial charge in [-0.05, 0) is 31.0 Å². The van der Waals surface area contributed by atoms with Crippen molar-refractivity contribution < 1.29 is 14.0 Å². The number of halogens is 1. The molecular weight excluding hydrogens is 363 g/mol. The molecule has 0 saturated heterocycles. The van der Waals surface area contributed by atoms with E-state index in [-0.39, 0.29) is 23.4 Å². The van der Waals surface area contributed by atoms with E-state index < -0.39 is 6.04 Å². The Bertz CT molecular complexity index is 797. The highest BCUT2D eigenvalue weighted by atomic mass is 32.2. The summed E-state index contributed by atoms with van der Waals surface area (Å²) in [7, 11) is 1.56. The molecule has 2 aromatic carbocycles. The van der Waals surface area contributed by atoms with Crippen molar-refractivity contribution >= 4 is 23.6 Å². The molecule has 0 bridgehead atoms. The van der Waals surface area contributed by atoms with Crippen molar-refractivity contribution in [3.05, 3.63) is 71.0 Å². The maximum absolute atomic E-state index is 13.7. The molecule has 4 nitrogen and oxygen atoms in total. The van der Waals surface area contributed by atoms with Gasteiger partial charge in [-0.1, -0.05) is 48.0 Å². The zero-order valence-corrected chi connectivity index (χ0v) is 16.7. The van der Waals surface area contributed by atoms with Gasteiger partial charge in [0.2, 0.25) is 11.8 Å². The minimum absolute atomic E-state index is 0.144. The Morgan fingerprint density at radius 1 is 1.19 bits per heavy atom. The molecule has 0 heterocycles. The standard InChI is InChI=1S/C21H25FN2O2S/c1-15-7-6-8-17(11-15)12-24(16(2)21(26)23-3)20(25)14-27-13-18-9-4-5-10-19(18)22/h4-11,16H,12-14H2,1-3H3,(H,23,26). The third kappa shape index (κ3) is 6.10. The van der Waals surface area contributed by atoms with Gasteiger partial charge in [0.25, 0.3) is 0 Å². The van der Waals surface area contributed by atoms with Gasteiger partial charge in [-0.2, -0.15) is 0 Å². The van der Waals surface area contributed by atoms with Crippen LogP contribution in [0.4, 0.5) is 4.39 Å². The number of carbonyl (C=O) groups is 2. The molecule has 0 aliphatic heterocycles.